The van der Waals surface area contributed by atoms with Gasteiger partial charge in [0.15, 0.2) is 17.5 Å². The number of pyridine rings is 1. The number of carbonyl (C=O) groups is 2. The van der Waals surface area contributed by atoms with E-state index in [-0.39, 0.29) is 18.3 Å². The molecule has 2 heterocycles. The van der Waals surface area contributed by atoms with Crippen molar-refractivity contribution in [1.82, 2.24) is 9.97 Å². The summed E-state index contributed by atoms with van der Waals surface area (Å²) in [4.78, 5) is 32.0. The molecule has 7 heteroatoms. The largest absolute Gasteiger partial charge is 0.484 e. The third kappa shape index (κ3) is 4.52. The highest BCUT2D eigenvalue weighted by molar-refractivity contribution is 7.14. The Hall–Kier alpha value is -3.06. The first-order valence-electron chi connectivity index (χ1n) is 8.07. The van der Waals surface area contributed by atoms with E-state index in [0.29, 0.717) is 22.9 Å². The van der Waals surface area contributed by atoms with Gasteiger partial charge < -0.3 is 4.74 Å². The van der Waals surface area contributed by atoms with Crippen molar-refractivity contribution in [3.8, 4) is 17.0 Å². The summed E-state index contributed by atoms with van der Waals surface area (Å²) in [6, 6.07) is 10.5. The van der Waals surface area contributed by atoms with Gasteiger partial charge in [-0.3, -0.25) is 19.9 Å². The second kappa shape index (κ2) is 8.35. The van der Waals surface area contributed by atoms with Crippen LogP contribution in [0.1, 0.15) is 23.7 Å². The topological polar surface area (TPSA) is 81.2 Å². The SMILES string of the molecule is CCC(=O)c1ccc(OCC(=O)Nc2nc(-c3ccncc3)cs2)cc1. The summed E-state index contributed by atoms with van der Waals surface area (Å²) < 4.78 is 5.45. The van der Waals surface area contributed by atoms with Gasteiger partial charge >= 0.3 is 0 Å². The lowest BCUT2D eigenvalue weighted by Crippen LogP contribution is -2.20. The number of aromatic nitrogens is 2. The van der Waals surface area contributed by atoms with E-state index in [1.807, 2.05) is 24.4 Å². The van der Waals surface area contributed by atoms with Crippen LogP contribution in [-0.2, 0) is 4.79 Å². The molecule has 0 atom stereocenters. The Bertz CT molecular complexity index is 892. The molecule has 0 aliphatic heterocycles. The van der Waals surface area contributed by atoms with Gasteiger partial charge in [0.2, 0.25) is 0 Å². The number of benzene rings is 1. The maximum Gasteiger partial charge on any atom is 0.264 e. The molecule has 0 saturated carbocycles. The van der Waals surface area contributed by atoms with Crippen molar-refractivity contribution in [3.05, 3.63) is 59.7 Å². The molecule has 1 amide bonds. The molecule has 0 bridgehead atoms. The molecule has 0 unspecified atom stereocenters. The fraction of sp³-hybridized carbons (Fsp3) is 0.158. The molecule has 0 spiro atoms. The number of hydrogen-bond donors (Lipinski definition) is 1. The van der Waals surface area contributed by atoms with Gasteiger partial charge in [0.05, 0.1) is 5.69 Å². The van der Waals surface area contributed by atoms with E-state index in [9.17, 15) is 9.59 Å². The van der Waals surface area contributed by atoms with Crippen LogP contribution < -0.4 is 10.1 Å². The van der Waals surface area contributed by atoms with E-state index in [0.717, 1.165) is 11.3 Å². The highest BCUT2D eigenvalue weighted by atomic mass is 32.1. The lowest BCUT2D eigenvalue weighted by Gasteiger charge is -2.06. The Morgan fingerprint density at radius 1 is 1.12 bits per heavy atom. The van der Waals surface area contributed by atoms with E-state index < -0.39 is 0 Å². The van der Waals surface area contributed by atoms with E-state index in [1.54, 1.807) is 36.7 Å². The molecule has 0 radical (unpaired) electrons. The Kier molecular flexibility index (Phi) is 5.70. The number of anilines is 1. The number of thiazole rings is 1. The van der Waals surface area contributed by atoms with E-state index in [4.69, 9.17) is 4.74 Å². The summed E-state index contributed by atoms with van der Waals surface area (Å²) in [5.41, 5.74) is 2.36. The standard InChI is InChI=1S/C19H17N3O3S/c1-2-17(23)14-3-5-15(6-4-14)25-11-18(24)22-19-21-16(12-26-19)13-7-9-20-10-8-13/h3-10,12H,2,11H2,1H3,(H,21,22,24). The maximum absolute atomic E-state index is 12.0. The van der Waals surface area contributed by atoms with Crippen LogP contribution in [0.5, 0.6) is 5.75 Å². The summed E-state index contributed by atoms with van der Waals surface area (Å²) in [5, 5.41) is 5.09. The number of hydrogen-bond acceptors (Lipinski definition) is 6. The van der Waals surface area contributed by atoms with Crippen molar-refractivity contribution in [2.45, 2.75) is 13.3 Å². The molecule has 0 aliphatic carbocycles. The van der Waals surface area contributed by atoms with Crippen LogP contribution in [0.3, 0.4) is 0 Å². The number of nitrogens with zero attached hydrogens (tertiary/aromatic N) is 2. The minimum atomic E-state index is -0.297. The number of Topliss-reactive ketones (excluding diaryl/α,β-unsaturated/α-hetero) is 1. The molecule has 2 aromatic heterocycles. The first-order chi connectivity index (χ1) is 12.7. The molecule has 0 aliphatic rings. The van der Waals surface area contributed by atoms with Crippen molar-refractivity contribution in [1.29, 1.82) is 0 Å². The average Bonchev–Trinajstić information content (AvgIpc) is 3.15. The van der Waals surface area contributed by atoms with E-state index in [1.165, 1.54) is 11.3 Å². The third-order valence-electron chi connectivity index (χ3n) is 3.59. The number of nitrogens with one attached hydrogen (secondary N) is 1. The average molecular weight is 367 g/mol. The van der Waals surface area contributed by atoms with Gasteiger partial charge in [0.1, 0.15) is 5.75 Å². The molecule has 132 valence electrons. The molecule has 3 rings (SSSR count). The van der Waals surface area contributed by atoms with Gasteiger partial charge in [-0.15, -0.1) is 11.3 Å². The summed E-state index contributed by atoms with van der Waals surface area (Å²) >= 11 is 1.35. The van der Waals surface area contributed by atoms with Crippen molar-refractivity contribution >= 4 is 28.2 Å². The fourth-order valence-corrected chi connectivity index (χ4v) is 2.97. The molecule has 6 nitrogen and oxygen atoms in total. The van der Waals surface area contributed by atoms with E-state index in [2.05, 4.69) is 15.3 Å². The Morgan fingerprint density at radius 2 is 1.85 bits per heavy atom. The van der Waals surface area contributed by atoms with Crippen LogP contribution in [0.4, 0.5) is 5.13 Å². The fourth-order valence-electron chi connectivity index (χ4n) is 2.23. The molecule has 3 aromatic rings. The Labute approximate surface area is 154 Å². The van der Waals surface area contributed by atoms with Crippen molar-refractivity contribution < 1.29 is 14.3 Å². The van der Waals surface area contributed by atoms with Crippen LogP contribution in [0.25, 0.3) is 11.3 Å². The summed E-state index contributed by atoms with van der Waals surface area (Å²) in [6.45, 7) is 1.68. The first-order valence-corrected chi connectivity index (χ1v) is 8.95. The Balaban J connectivity index is 1.53. The third-order valence-corrected chi connectivity index (χ3v) is 4.35. The summed E-state index contributed by atoms with van der Waals surface area (Å²) in [6.07, 6.45) is 3.85. The smallest absolute Gasteiger partial charge is 0.264 e. The normalized spacial score (nSPS) is 10.3. The molecule has 0 saturated heterocycles. The molecular weight excluding hydrogens is 350 g/mol. The highest BCUT2D eigenvalue weighted by Crippen LogP contribution is 2.24. The molecule has 26 heavy (non-hydrogen) atoms. The monoisotopic (exact) mass is 367 g/mol. The van der Waals surface area contributed by atoms with Crippen LogP contribution in [0.15, 0.2) is 54.2 Å². The van der Waals surface area contributed by atoms with Gasteiger partial charge in [-0.25, -0.2) is 4.98 Å². The number of ether oxygens (including phenoxy) is 1. The van der Waals surface area contributed by atoms with Gasteiger partial charge in [0.25, 0.3) is 5.91 Å². The van der Waals surface area contributed by atoms with Crippen LogP contribution >= 0.6 is 11.3 Å². The van der Waals surface area contributed by atoms with Gasteiger partial charge in [0, 0.05) is 35.3 Å². The zero-order chi connectivity index (χ0) is 18.4. The van der Waals surface area contributed by atoms with Crippen LogP contribution in [0.2, 0.25) is 0 Å². The van der Waals surface area contributed by atoms with Crippen molar-refractivity contribution in [3.63, 3.8) is 0 Å². The van der Waals surface area contributed by atoms with Gasteiger partial charge in [-0.1, -0.05) is 6.92 Å². The molecule has 0 fully saturated rings. The summed E-state index contributed by atoms with van der Waals surface area (Å²) in [5.74, 6) is 0.307. The highest BCUT2D eigenvalue weighted by Gasteiger charge is 2.09. The van der Waals surface area contributed by atoms with Gasteiger partial charge in [-0.05, 0) is 36.4 Å². The van der Waals surface area contributed by atoms with Crippen molar-refractivity contribution in [2.75, 3.05) is 11.9 Å². The number of amides is 1. The summed E-state index contributed by atoms with van der Waals surface area (Å²) in [7, 11) is 0. The predicted molar refractivity (Wildman–Crippen MR) is 101 cm³/mol. The second-order valence-corrected chi connectivity index (χ2v) is 6.27. The molecule has 1 N–H and O–H groups in total. The molecular formula is C19H17N3O3S. The first kappa shape index (κ1) is 17.8. The lowest BCUT2D eigenvalue weighted by atomic mass is 10.1. The van der Waals surface area contributed by atoms with Crippen LogP contribution in [-0.4, -0.2) is 28.3 Å². The number of ketones is 1. The minimum Gasteiger partial charge on any atom is -0.484 e. The zero-order valence-corrected chi connectivity index (χ0v) is 15.0. The lowest BCUT2D eigenvalue weighted by molar-refractivity contribution is -0.118. The zero-order valence-electron chi connectivity index (χ0n) is 14.1. The predicted octanol–water partition coefficient (Wildman–Crippen LogP) is 3.82. The van der Waals surface area contributed by atoms with Crippen LogP contribution in [0, 0.1) is 0 Å². The quantitative estimate of drug-likeness (QED) is 0.642. The van der Waals surface area contributed by atoms with Crippen molar-refractivity contribution in [2.24, 2.45) is 0 Å². The second-order valence-electron chi connectivity index (χ2n) is 5.41. The number of carbonyl (C=O) groups excluding carboxylic acids is 2. The molecule has 1 aromatic carbocycles. The number of rotatable bonds is 7. The van der Waals surface area contributed by atoms with Gasteiger partial charge in [-0.2, -0.15) is 0 Å². The van der Waals surface area contributed by atoms with E-state index >= 15 is 0 Å². The maximum atomic E-state index is 12.0. The minimum absolute atomic E-state index is 0.0723. The Morgan fingerprint density at radius 3 is 2.54 bits per heavy atom.